The average molecular weight is 226 g/mol. The van der Waals surface area contributed by atoms with Crippen LogP contribution >= 0.6 is 15.9 Å². The largest absolute Gasteiger partial charge is 0.260 e. The van der Waals surface area contributed by atoms with E-state index in [2.05, 4.69) is 27.0 Å². The Balaban J connectivity index is 2.26. The summed E-state index contributed by atoms with van der Waals surface area (Å²) in [5.41, 5.74) is 1.26. The Bertz CT molecular complexity index is 266. The van der Waals surface area contributed by atoms with Gasteiger partial charge < -0.3 is 0 Å². The van der Waals surface area contributed by atoms with Crippen LogP contribution in [0.5, 0.6) is 0 Å². The van der Waals surface area contributed by atoms with Gasteiger partial charge in [-0.3, -0.25) is 4.98 Å². The Kier molecular flexibility index (Phi) is 2.45. The molecule has 1 aliphatic rings. The minimum atomic E-state index is 0.709. The maximum atomic E-state index is 4.41. The Morgan fingerprint density at radius 2 is 2.08 bits per heavy atom. The van der Waals surface area contributed by atoms with Gasteiger partial charge in [0.25, 0.3) is 0 Å². The van der Waals surface area contributed by atoms with Crippen molar-refractivity contribution in [1.82, 2.24) is 4.98 Å². The van der Waals surface area contributed by atoms with Crippen LogP contribution in [0.15, 0.2) is 22.8 Å². The molecule has 12 heavy (non-hydrogen) atoms. The number of hydrogen-bond acceptors (Lipinski definition) is 1. The van der Waals surface area contributed by atoms with Crippen molar-refractivity contribution >= 4 is 15.9 Å². The van der Waals surface area contributed by atoms with E-state index in [4.69, 9.17) is 0 Å². The number of halogens is 1. The maximum Gasteiger partial charge on any atom is 0.0576 e. The van der Waals surface area contributed by atoms with Crippen LogP contribution in [0.4, 0.5) is 0 Å². The van der Waals surface area contributed by atoms with Crippen LogP contribution < -0.4 is 0 Å². The second kappa shape index (κ2) is 3.56. The van der Waals surface area contributed by atoms with Crippen molar-refractivity contribution in [3.05, 3.63) is 28.5 Å². The molecular formula is C10H12BrN. The standard InChI is InChI=1S/C10H12BrN/c11-9-6-3-7-12-10(9)8-4-1-2-5-8/h3,6-8H,1-2,4-5H2. The zero-order valence-corrected chi connectivity index (χ0v) is 8.55. The Labute approximate surface area is 81.3 Å². The molecule has 1 aromatic heterocycles. The third-order valence-electron chi connectivity index (χ3n) is 2.53. The molecule has 1 heterocycles. The molecule has 2 heteroatoms. The molecule has 1 nitrogen and oxygen atoms in total. The van der Waals surface area contributed by atoms with Gasteiger partial charge in [0, 0.05) is 16.6 Å². The number of aromatic nitrogens is 1. The third-order valence-corrected chi connectivity index (χ3v) is 3.20. The van der Waals surface area contributed by atoms with E-state index in [9.17, 15) is 0 Å². The lowest BCUT2D eigenvalue weighted by Gasteiger charge is -2.09. The SMILES string of the molecule is Brc1cccnc1C1CCCC1. The van der Waals surface area contributed by atoms with E-state index in [0.29, 0.717) is 5.92 Å². The molecule has 1 saturated carbocycles. The topological polar surface area (TPSA) is 12.9 Å². The van der Waals surface area contributed by atoms with Crippen LogP contribution in [-0.2, 0) is 0 Å². The van der Waals surface area contributed by atoms with Gasteiger partial charge in [0.15, 0.2) is 0 Å². The first-order valence-corrected chi connectivity index (χ1v) is 5.27. The lowest BCUT2D eigenvalue weighted by molar-refractivity contribution is 0.693. The molecule has 1 aliphatic carbocycles. The van der Waals surface area contributed by atoms with Gasteiger partial charge in [-0.05, 0) is 40.9 Å². The molecule has 1 aromatic rings. The van der Waals surface area contributed by atoms with E-state index in [1.165, 1.54) is 35.8 Å². The second-order valence-corrected chi connectivity index (χ2v) is 4.21. The van der Waals surface area contributed by atoms with Crippen molar-refractivity contribution in [1.29, 1.82) is 0 Å². The molecule has 1 fully saturated rings. The monoisotopic (exact) mass is 225 g/mol. The quantitative estimate of drug-likeness (QED) is 0.714. The van der Waals surface area contributed by atoms with Gasteiger partial charge in [-0.25, -0.2) is 0 Å². The van der Waals surface area contributed by atoms with Crippen LogP contribution in [0, 0.1) is 0 Å². The van der Waals surface area contributed by atoms with Crippen molar-refractivity contribution in [3.63, 3.8) is 0 Å². The predicted octanol–water partition coefficient (Wildman–Crippen LogP) is 3.50. The van der Waals surface area contributed by atoms with Gasteiger partial charge in [0.2, 0.25) is 0 Å². The summed E-state index contributed by atoms with van der Waals surface area (Å²) in [5.74, 6) is 0.709. The Hall–Kier alpha value is -0.370. The van der Waals surface area contributed by atoms with Crippen LogP contribution in [0.3, 0.4) is 0 Å². The Morgan fingerprint density at radius 3 is 2.75 bits per heavy atom. The first-order chi connectivity index (χ1) is 5.88. The van der Waals surface area contributed by atoms with Crippen molar-refractivity contribution in [2.45, 2.75) is 31.6 Å². The number of nitrogens with zero attached hydrogens (tertiary/aromatic N) is 1. The van der Waals surface area contributed by atoms with E-state index in [1.54, 1.807) is 0 Å². The van der Waals surface area contributed by atoms with Crippen LogP contribution in [-0.4, -0.2) is 4.98 Å². The maximum absolute atomic E-state index is 4.41. The van der Waals surface area contributed by atoms with Crippen molar-refractivity contribution < 1.29 is 0 Å². The highest BCUT2D eigenvalue weighted by atomic mass is 79.9. The molecule has 0 aliphatic heterocycles. The summed E-state index contributed by atoms with van der Waals surface area (Å²) in [7, 11) is 0. The zero-order chi connectivity index (χ0) is 8.39. The van der Waals surface area contributed by atoms with Crippen LogP contribution in [0.2, 0.25) is 0 Å². The van der Waals surface area contributed by atoms with Gasteiger partial charge >= 0.3 is 0 Å². The van der Waals surface area contributed by atoms with Gasteiger partial charge in [-0.2, -0.15) is 0 Å². The predicted molar refractivity (Wildman–Crippen MR) is 53.1 cm³/mol. The van der Waals surface area contributed by atoms with E-state index >= 15 is 0 Å². The highest BCUT2D eigenvalue weighted by molar-refractivity contribution is 9.10. The molecule has 64 valence electrons. The fourth-order valence-corrected chi connectivity index (χ4v) is 2.48. The summed E-state index contributed by atoms with van der Waals surface area (Å²) in [6.45, 7) is 0. The molecule has 0 aromatic carbocycles. The van der Waals surface area contributed by atoms with Crippen molar-refractivity contribution in [2.75, 3.05) is 0 Å². The molecule has 0 atom stereocenters. The van der Waals surface area contributed by atoms with E-state index in [1.807, 2.05) is 12.3 Å². The summed E-state index contributed by atoms with van der Waals surface area (Å²) in [6, 6.07) is 4.06. The van der Waals surface area contributed by atoms with E-state index < -0.39 is 0 Å². The highest BCUT2D eigenvalue weighted by Gasteiger charge is 2.19. The molecule has 0 amide bonds. The summed E-state index contributed by atoms with van der Waals surface area (Å²) in [5, 5.41) is 0. The fourth-order valence-electron chi connectivity index (χ4n) is 1.90. The lowest BCUT2D eigenvalue weighted by atomic mass is 10.0. The summed E-state index contributed by atoms with van der Waals surface area (Å²) >= 11 is 3.54. The molecular weight excluding hydrogens is 214 g/mol. The Morgan fingerprint density at radius 1 is 1.33 bits per heavy atom. The minimum absolute atomic E-state index is 0.709. The van der Waals surface area contributed by atoms with Crippen LogP contribution in [0.25, 0.3) is 0 Å². The van der Waals surface area contributed by atoms with Crippen molar-refractivity contribution in [2.24, 2.45) is 0 Å². The smallest absolute Gasteiger partial charge is 0.0576 e. The highest BCUT2D eigenvalue weighted by Crippen LogP contribution is 2.35. The first-order valence-electron chi connectivity index (χ1n) is 4.48. The molecule has 0 radical (unpaired) electrons. The number of pyridine rings is 1. The number of rotatable bonds is 1. The van der Waals surface area contributed by atoms with E-state index in [0.717, 1.165) is 0 Å². The third kappa shape index (κ3) is 1.53. The summed E-state index contributed by atoms with van der Waals surface area (Å²) in [4.78, 5) is 4.41. The van der Waals surface area contributed by atoms with Crippen LogP contribution in [0.1, 0.15) is 37.3 Å². The van der Waals surface area contributed by atoms with Gasteiger partial charge in [0.05, 0.1) is 5.69 Å². The minimum Gasteiger partial charge on any atom is -0.260 e. The average Bonchev–Trinajstić information content (AvgIpc) is 2.57. The molecule has 0 unspecified atom stereocenters. The molecule has 0 N–H and O–H groups in total. The number of hydrogen-bond donors (Lipinski definition) is 0. The molecule has 2 rings (SSSR count). The van der Waals surface area contributed by atoms with E-state index in [-0.39, 0.29) is 0 Å². The zero-order valence-electron chi connectivity index (χ0n) is 6.96. The van der Waals surface area contributed by atoms with Gasteiger partial charge in [-0.15, -0.1) is 0 Å². The molecule has 0 bridgehead atoms. The summed E-state index contributed by atoms with van der Waals surface area (Å²) in [6.07, 6.45) is 7.25. The first kappa shape index (κ1) is 8.24. The fraction of sp³-hybridized carbons (Fsp3) is 0.500. The van der Waals surface area contributed by atoms with Gasteiger partial charge in [-0.1, -0.05) is 12.8 Å². The normalized spacial score (nSPS) is 18.4. The molecule has 0 spiro atoms. The molecule has 0 saturated heterocycles. The summed E-state index contributed by atoms with van der Waals surface area (Å²) < 4.78 is 1.18. The second-order valence-electron chi connectivity index (χ2n) is 3.35. The van der Waals surface area contributed by atoms with Crippen molar-refractivity contribution in [3.8, 4) is 0 Å². The van der Waals surface area contributed by atoms with Gasteiger partial charge in [0.1, 0.15) is 0 Å². The lowest BCUT2D eigenvalue weighted by Crippen LogP contribution is -1.96.